The van der Waals surface area contributed by atoms with Crippen molar-refractivity contribution in [1.29, 1.82) is 0 Å². The van der Waals surface area contributed by atoms with Crippen LogP contribution in [0.4, 0.5) is 0 Å². The van der Waals surface area contributed by atoms with Crippen LogP contribution in [0.25, 0.3) is 0 Å². The molecule has 44 valence electrons. The van der Waals surface area contributed by atoms with Crippen LogP contribution in [0.2, 0.25) is 0 Å². The molecule has 0 atom stereocenters. The first-order valence-corrected chi connectivity index (χ1v) is 7.12. The minimum absolute atomic E-state index is 0.590. The molecule has 0 radical (unpaired) electrons. The zero-order valence-corrected chi connectivity index (χ0v) is 7.04. The molecule has 0 bridgehead atoms. The van der Waals surface area contributed by atoms with E-state index in [9.17, 15) is 0 Å². The standard InChI is InChI=1S/C4H14B3P/c1-8(2)3-5-7-6-4-8/h5-8H,3-4H2,1-2H3. The van der Waals surface area contributed by atoms with Crippen LogP contribution in [0.3, 0.4) is 0 Å². The van der Waals surface area contributed by atoms with Crippen molar-refractivity contribution in [3.63, 3.8) is 0 Å². The summed E-state index contributed by atoms with van der Waals surface area (Å²) in [6.07, 6.45) is 0. The van der Waals surface area contributed by atoms with Crippen molar-refractivity contribution in [1.82, 2.24) is 0 Å². The van der Waals surface area contributed by atoms with Gasteiger partial charge in [0.2, 0.25) is 0 Å². The summed E-state index contributed by atoms with van der Waals surface area (Å²) in [5, 5.41) is 0. The number of hydrogen-bond donors (Lipinski definition) is 0. The summed E-state index contributed by atoms with van der Waals surface area (Å²) >= 11 is 0. The van der Waals surface area contributed by atoms with Crippen molar-refractivity contribution in [2.75, 3.05) is 25.5 Å². The molecule has 0 aromatic rings. The molecule has 0 aromatic carbocycles. The van der Waals surface area contributed by atoms with E-state index in [1.807, 2.05) is 0 Å². The first-order chi connectivity index (χ1) is 3.71. The molecule has 0 aromatic heterocycles. The molecule has 1 saturated heterocycles. The molecule has 8 heavy (non-hydrogen) atoms. The second kappa shape index (κ2) is 2.48. The van der Waals surface area contributed by atoms with Gasteiger partial charge >= 0.3 is 54.1 Å². The van der Waals surface area contributed by atoms with Crippen molar-refractivity contribution >= 4 is 28.7 Å². The third kappa shape index (κ3) is 1.86. The van der Waals surface area contributed by atoms with Crippen molar-refractivity contribution in [2.24, 2.45) is 0 Å². The zero-order chi connectivity index (χ0) is 6.04. The molecule has 0 saturated carbocycles. The summed E-state index contributed by atoms with van der Waals surface area (Å²) in [6.45, 7) is 5.04. The van der Waals surface area contributed by atoms with Crippen LogP contribution < -0.4 is 0 Å². The van der Waals surface area contributed by atoms with Crippen molar-refractivity contribution in [2.45, 2.75) is 0 Å². The van der Waals surface area contributed by atoms with Gasteiger partial charge in [0.25, 0.3) is 0 Å². The van der Waals surface area contributed by atoms with Gasteiger partial charge in [0.1, 0.15) is 0 Å². The Balaban J connectivity index is 2.33. The molecule has 0 amide bonds. The van der Waals surface area contributed by atoms with E-state index in [4.69, 9.17) is 0 Å². The van der Waals surface area contributed by atoms with Crippen molar-refractivity contribution in [3.05, 3.63) is 0 Å². The summed E-state index contributed by atoms with van der Waals surface area (Å²) in [4.78, 5) is 0. The van der Waals surface area contributed by atoms with Crippen molar-refractivity contribution < 1.29 is 0 Å². The molecular formula is C4H14B3P. The Kier molecular flexibility index (Phi) is 2.09. The van der Waals surface area contributed by atoms with Crippen LogP contribution in [-0.4, -0.2) is 46.9 Å². The van der Waals surface area contributed by atoms with Crippen LogP contribution in [-0.2, 0) is 0 Å². The van der Waals surface area contributed by atoms with Gasteiger partial charge in [-0.15, -0.1) is 0 Å². The molecule has 0 nitrogen and oxygen atoms in total. The average molecular weight is 126 g/mol. The van der Waals surface area contributed by atoms with E-state index in [1.54, 1.807) is 12.1 Å². The monoisotopic (exact) mass is 126 g/mol. The molecule has 0 unspecified atom stereocenters. The van der Waals surface area contributed by atoms with E-state index < -0.39 is 7.26 Å². The Morgan fingerprint density at radius 3 is 1.88 bits per heavy atom. The van der Waals surface area contributed by atoms with Crippen LogP contribution in [0.15, 0.2) is 0 Å². The van der Waals surface area contributed by atoms with Gasteiger partial charge in [-0.2, -0.15) is 0 Å². The second-order valence-electron chi connectivity index (χ2n) is 3.72. The molecule has 1 aliphatic heterocycles. The van der Waals surface area contributed by atoms with E-state index in [2.05, 4.69) is 13.3 Å². The maximum atomic E-state index is 2.52. The van der Waals surface area contributed by atoms with Gasteiger partial charge in [-0.3, -0.25) is 0 Å². The van der Waals surface area contributed by atoms with E-state index >= 15 is 0 Å². The summed E-state index contributed by atoms with van der Waals surface area (Å²) in [7, 11) is 3.97. The predicted octanol–water partition coefficient (Wildman–Crippen LogP) is -0.936. The Morgan fingerprint density at radius 2 is 1.62 bits per heavy atom. The predicted molar refractivity (Wildman–Crippen MR) is 51.3 cm³/mol. The maximum absolute atomic E-state index is 2.52. The Labute approximate surface area is 54.8 Å². The van der Waals surface area contributed by atoms with Crippen LogP contribution in [0, 0.1) is 0 Å². The van der Waals surface area contributed by atoms with E-state index in [1.165, 1.54) is 21.4 Å². The number of rotatable bonds is 0. The van der Waals surface area contributed by atoms with Crippen LogP contribution in [0.1, 0.15) is 0 Å². The van der Waals surface area contributed by atoms with Crippen LogP contribution in [0.5, 0.6) is 0 Å². The first kappa shape index (κ1) is 6.74. The average Bonchev–Trinajstić information content (AvgIpc) is 1.65. The van der Waals surface area contributed by atoms with Gasteiger partial charge in [-0.25, -0.2) is 0 Å². The second-order valence-corrected chi connectivity index (χ2v) is 9.05. The fourth-order valence-electron chi connectivity index (χ4n) is 1.51. The number of hydrogen-bond acceptors (Lipinski definition) is 0. The molecule has 1 fully saturated rings. The van der Waals surface area contributed by atoms with Gasteiger partial charge in [-0.1, -0.05) is 0 Å². The van der Waals surface area contributed by atoms with Gasteiger partial charge in [0.05, 0.1) is 0 Å². The Bertz CT molecular complexity index is 75.4. The quantitative estimate of drug-likeness (QED) is 0.290. The van der Waals surface area contributed by atoms with Gasteiger partial charge in [0, 0.05) is 0 Å². The minimum atomic E-state index is -0.590. The topological polar surface area (TPSA) is 0 Å². The third-order valence-corrected chi connectivity index (χ3v) is 5.62. The Hall–Kier alpha value is 0.625. The molecule has 0 N–H and O–H groups in total. The van der Waals surface area contributed by atoms with E-state index in [0.29, 0.717) is 0 Å². The molecule has 0 aliphatic carbocycles. The summed E-state index contributed by atoms with van der Waals surface area (Å²) in [6, 6.07) is 3.18. The molecule has 4 heteroatoms. The van der Waals surface area contributed by atoms with Crippen molar-refractivity contribution in [3.8, 4) is 0 Å². The van der Waals surface area contributed by atoms with E-state index in [-0.39, 0.29) is 0 Å². The van der Waals surface area contributed by atoms with Gasteiger partial charge in [-0.05, 0) is 0 Å². The molecule has 0 spiro atoms. The molecule has 1 rings (SSSR count). The summed E-state index contributed by atoms with van der Waals surface area (Å²) in [5.41, 5.74) is 0. The zero-order valence-electron chi connectivity index (χ0n) is 6.04. The first-order valence-electron chi connectivity index (χ1n) is 3.71. The van der Waals surface area contributed by atoms with E-state index in [0.717, 1.165) is 0 Å². The summed E-state index contributed by atoms with van der Waals surface area (Å²) in [5.74, 6) is 0. The SMILES string of the molecule is C[PH]1(C)CBBBC1. The van der Waals surface area contributed by atoms with Gasteiger partial charge < -0.3 is 0 Å². The van der Waals surface area contributed by atoms with Gasteiger partial charge in [0.15, 0.2) is 0 Å². The fraction of sp³-hybridized carbons (Fsp3) is 1.00. The molecule has 1 heterocycles. The molecule has 1 aliphatic rings. The summed E-state index contributed by atoms with van der Waals surface area (Å²) < 4.78 is 0. The Morgan fingerprint density at radius 1 is 1.12 bits per heavy atom. The molecular weight excluding hydrogens is 111 g/mol. The third-order valence-electron chi connectivity index (χ3n) is 2.21. The fourth-order valence-corrected chi connectivity index (χ4v) is 4.17. The van der Waals surface area contributed by atoms with Crippen LogP contribution >= 0.6 is 7.26 Å². The normalized spacial score (nSPS) is 28.8.